The SMILES string of the molecule is C.C.Cc1cc(C(C)(C)c2ccc(O)c(C)c2)ccc1O.OCCCO. The first kappa shape index (κ1) is 26.2. The Labute approximate surface area is 158 Å². The summed E-state index contributed by atoms with van der Waals surface area (Å²) in [5.74, 6) is 0.642. The molecule has 0 unspecified atom stereocenters. The van der Waals surface area contributed by atoms with Gasteiger partial charge < -0.3 is 20.4 Å². The molecule has 0 fully saturated rings. The maximum Gasteiger partial charge on any atom is 0.118 e. The second kappa shape index (κ2) is 11.6. The zero-order valence-corrected chi connectivity index (χ0v) is 14.9. The molecule has 0 aromatic heterocycles. The minimum absolute atomic E-state index is 0. The highest BCUT2D eigenvalue weighted by molar-refractivity contribution is 5.46. The molecule has 4 heteroatoms. The van der Waals surface area contributed by atoms with Crippen molar-refractivity contribution in [1.82, 2.24) is 0 Å². The van der Waals surface area contributed by atoms with Gasteiger partial charge in [0.05, 0.1) is 0 Å². The molecule has 0 heterocycles. The third kappa shape index (κ3) is 6.70. The van der Waals surface area contributed by atoms with Gasteiger partial charge in [-0.2, -0.15) is 0 Å². The third-order valence-electron chi connectivity index (χ3n) is 4.15. The molecule has 0 bridgehead atoms. The number of hydrogen-bond acceptors (Lipinski definition) is 4. The van der Waals surface area contributed by atoms with Gasteiger partial charge in [-0.1, -0.05) is 53.0 Å². The van der Waals surface area contributed by atoms with Crippen molar-refractivity contribution in [3.8, 4) is 11.5 Å². The first-order valence-electron chi connectivity index (χ1n) is 8.06. The fourth-order valence-electron chi connectivity index (χ4n) is 2.33. The number of aliphatic hydroxyl groups excluding tert-OH is 2. The normalized spacial score (nSPS) is 10.1. The lowest BCUT2D eigenvalue weighted by Crippen LogP contribution is -2.19. The van der Waals surface area contributed by atoms with E-state index in [2.05, 4.69) is 13.8 Å². The maximum absolute atomic E-state index is 9.63. The molecule has 2 rings (SSSR count). The van der Waals surface area contributed by atoms with Gasteiger partial charge in [-0.3, -0.25) is 0 Å². The van der Waals surface area contributed by atoms with Crippen molar-refractivity contribution in [2.45, 2.75) is 54.4 Å². The minimum atomic E-state index is -0.170. The van der Waals surface area contributed by atoms with E-state index in [1.807, 2.05) is 38.1 Å². The van der Waals surface area contributed by atoms with Crippen LogP contribution in [0.15, 0.2) is 36.4 Å². The minimum Gasteiger partial charge on any atom is -0.508 e. The van der Waals surface area contributed by atoms with E-state index in [9.17, 15) is 10.2 Å². The summed E-state index contributed by atoms with van der Waals surface area (Å²) in [5.41, 5.74) is 3.87. The molecular weight excluding hydrogens is 328 g/mol. The van der Waals surface area contributed by atoms with E-state index < -0.39 is 0 Å². The van der Waals surface area contributed by atoms with Crippen molar-refractivity contribution < 1.29 is 20.4 Å². The number of aromatic hydroxyl groups is 2. The van der Waals surface area contributed by atoms with Gasteiger partial charge in [-0.15, -0.1) is 0 Å². The van der Waals surface area contributed by atoms with Gasteiger partial charge >= 0.3 is 0 Å². The summed E-state index contributed by atoms with van der Waals surface area (Å²) in [5, 5.41) is 35.1. The van der Waals surface area contributed by atoms with Crippen LogP contribution in [0.2, 0.25) is 0 Å². The molecule has 0 aliphatic heterocycles. The molecule has 26 heavy (non-hydrogen) atoms. The molecule has 2 aromatic rings. The van der Waals surface area contributed by atoms with Crippen molar-refractivity contribution in [1.29, 1.82) is 0 Å². The van der Waals surface area contributed by atoms with Crippen molar-refractivity contribution in [3.05, 3.63) is 58.7 Å². The molecular formula is C22H36O4. The number of phenols is 2. The Balaban J connectivity index is 0. The highest BCUT2D eigenvalue weighted by atomic mass is 16.3. The zero-order valence-electron chi connectivity index (χ0n) is 14.9. The van der Waals surface area contributed by atoms with Gasteiger partial charge in [0.15, 0.2) is 0 Å². The molecule has 0 atom stereocenters. The topological polar surface area (TPSA) is 80.9 Å². The van der Waals surface area contributed by atoms with Crippen LogP contribution in [0.5, 0.6) is 11.5 Å². The lowest BCUT2D eigenvalue weighted by atomic mass is 9.77. The van der Waals surface area contributed by atoms with Crippen LogP contribution in [-0.4, -0.2) is 33.6 Å². The first-order chi connectivity index (χ1) is 11.2. The molecule has 0 spiro atoms. The lowest BCUT2D eigenvalue weighted by molar-refractivity contribution is 0.221. The van der Waals surface area contributed by atoms with Crippen molar-refractivity contribution >= 4 is 0 Å². The van der Waals surface area contributed by atoms with Crippen LogP contribution in [-0.2, 0) is 5.41 Å². The van der Waals surface area contributed by atoms with Crippen LogP contribution in [0, 0.1) is 13.8 Å². The molecule has 148 valence electrons. The van der Waals surface area contributed by atoms with E-state index in [-0.39, 0.29) is 33.5 Å². The largest absolute Gasteiger partial charge is 0.508 e. The van der Waals surface area contributed by atoms with Crippen LogP contribution in [0.3, 0.4) is 0 Å². The molecule has 0 aliphatic rings. The number of aryl methyl sites for hydroxylation is 2. The molecule has 4 N–H and O–H groups in total. The number of aliphatic hydroxyl groups is 2. The van der Waals surface area contributed by atoms with Crippen molar-refractivity contribution in [2.24, 2.45) is 0 Å². The van der Waals surface area contributed by atoms with Gasteiger partial charge in [0, 0.05) is 18.6 Å². The van der Waals surface area contributed by atoms with Crippen molar-refractivity contribution in [2.75, 3.05) is 13.2 Å². The summed E-state index contributed by atoms with van der Waals surface area (Å²) < 4.78 is 0. The number of benzene rings is 2. The summed E-state index contributed by atoms with van der Waals surface area (Å²) in [4.78, 5) is 0. The number of hydrogen-bond donors (Lipinski definition) is 4. The average molecular weight is 365 g/mol. The van der Waals surface area contributed by atoms with E-state index >= 15 is 0 Å². The molecule has 0 radical (unpaired) electrons. The molecule has 0 amide bonds. The standard InChI is InChI=1S/C17H20O2.C3H8O2.2CH4/c1-11-9-13(5-7-15(11)18)17(3,4)14-6-8-16(19)12(2)10-14;4-2-1-3-5;;/h5-10,18-19H,1-4H3;4-5H,1-3H2;2*1H4. The van der Waals surface area contributed by atoms with Crippen molar-refractivity contribution in [3.63, 3.8) is 0 Å². The third-order valence-corrected chi connectivity index (χ3v) is 4.15. The van der Waals surface area contributed by atoms with Crippen LogP contribution >= 0.6 is 0 Å². The predicted molar refractivity (Wildman–Crippen MR) is 110 cm³/mol. The summed E-state index contributed by atoms with van der Waals surface area (Å²) in [7, 11) is 0. The monoisotopic (exact) mass is 364 g/mol. The van der Waals surface area contributed by atoms with Gasteiger partial charge in [0.25, 0.3) is 0 Å². The zero-order chi connectivity index (χ0) is 18.3. The summed E-state index contributed by atoms with van der Waals surface area (Å²) >= 11 is 0. The highest BCUT2D eigenvalue weighted by Crippen LogP contribution is 2.35. The number of rotatable bonds is 4. The Morgan fingerprint density at radius 3 is 1.31 bits per heavy atom. The Bertz CT molecular complexity index is 608. The Kier molecular flexibility index (Phi) is 11.6. The van der Waals surface area contributed by atoms with Crippen LogP contribution in [0.25, 0.3) is 0 Å². The molecule has 2 aromatic carbocycles. The Morgan fingerprint density at radius 2 is 1.08 bits per heavy atom. The molecule has 4 nitrogen and oxygen atoms in total. The molecule has 0 saturated carbocycles. The van der Waals surface area contributed by atoms with Gasteiger partial charge in [0.2, 0.25) is 0 Å². The fraction of sp³-hybridized carbons (Fsp3) is 0.455. The number of phenolic OH excluding ortho intramolecular Hbond substituents is 2. The summed E-state index contributed by atoms with van der Waals surface area (Å²) in [6.07, 6.45) is 0.500. The summed E-state index contributed by atoms with van der Waals surface area (Å²) in [6, 6.07) is 11.4. The average Bonchev–Trinajstić information content (AvgIpc) is 2.54. The fourth-order valence-corrected chi connectivity index (χ4v) is 2.33. The van der Waals surface area contributed by atoms with Crippen LogP contribution in [0.4, 0.5) is 0 Å². The van der Waals surface area contributed by atoms with E-state index in [1.54, 1.807) is 12.1 Å². The summed E-state index contributed by atoms with van der Waals surface area (Å²) in [6.45, 7) is 8.27. The maximum atomic E-state index is 9.63. The van der Waals surface area contributed by atoms with E-state index in [0.717, 1.165) is 22.3 Å². The van der Waals surface area contributed by atoms with Crippen LogP contribution < -0.4 is 0 Å². The quantitative estimate of drug-likeness (QED) is 0.635. The van der Waals surface area contributed by atoms with Gasteiger partial charge in [0.1, 0.15) is 11.5 Å². The highest BCUT2D eigenvalue weighted by Gasteiger charge is 2.24. The lowest BCUT2D eigenvalue weighted by Gasteiger charge is -2.27. The van der Waals surface area contributed by atoms with E-state index in [1.165, 1.54) is 0 Å². The van der Waals surface area contributed by atoms with Gasteiger partial charge in [-0.05, 0) is 54.7 Å². The molecule has 0 saturated heterocycles. The van der Waals surface area contributed by atoms with Crippen LogP contribution in [0.1, 0.15) is 57.4 Å². The first-order valence-corrected chi connectivity index (χ1v) is 8.06. The van der Waals surface area contributed by atoms with E-state index in [4.69, 9.17) is 10.2 Å². The smallest absolute Gasteiger partial charge is 0.118 e. The van der Waals surface area contributed by atoms with E-state index in [0.29, 0.717) is 17.9 Å². The Morgan fingerprint density at radius 1 is 0.731 bits per heavy atom. The second-order valence-electron chi connectivity index (χ2n) is 6.43. The molecule has 0 aliphatic carbocycles. The predicted octanol–water partition coefficient (Wildman–Crippen LogP) is 4.67. The second-order valence-corrected chi connectivity index (χ2v) is 6.43. The van der Waals surface area contributed by atoms with Gasteiger partial charge in [-0.25, -0.2) is 0 Å². The Hall–Kier alpha value is -2.04.